The first kappa shape index (κ1) is 11.4. The van der Waals surface area contributed by atoms with Gasteiger partial charge in [-0.2, -0.15) is 5.26 Å². The minimum Gasteiger partial charge on any atom is -0.391 e. The van der Waals surface area contributed by atoms with Gasteiger partial charge >= 0.3 is 0 Å². The zero-order valence-electron chi connectivity index (χ0n) is 8.63. The molecular weight excluding hydrogens is 150 g/mol. The molecule has 2 heteroatoms. The summed E-state index contributed by atoms with van der Waals surface area (Å²) in [5.41, 5.74) is -0.204. The third kappa shape index (κ3) is 2.83. The van der Waals surface area contributed by atoms with Crippen LogP contribution in [0.2, 0.25) is 0 Å². The molecule has 0 amide bonds. The lowest BCUT2D eigenvalue weighted by Crippen LogP contribution is -2.35. The average molecular weight is 169 g/mol. The third-order valence-electron chi connectivity index (χ3n) is 2.09. The van der Waals surface area contributed by atoms with E-state index in [1.54, 1.807) is 0 Å². The minimum absolute atomic E-state index is 0.204. The quantitative estimate of drug-likeness (QED) is 0.688. The zero-order chi connectivity index (χ0) is 9.94. The van der Waals surface area contributed by atoms with Crippen LogP contribution in [-0.4, -0.2) is 11.2 Å². The van der Waals surface area contributed by atoms with E-state index in [1.165, 1.54) is 0 Å². The summed E-state index contributed by atoms with van der Waals surface area (Å²) in [6.45, 7) is 9.77. The maximum atomic E-state index is 9.79. The first-order valence-electron chi connectivity index (χ1n) is 4.38. The van der Waals surface area contributed by atoms with Gasteiger partial charge < -0.3 is 5.11 Å². The molecule has 0 fully saturated rings. The predicted molar refractivity (Wildman–Crippen MR) is 49.4 cm³/mol. The molecule has 0 aliphatic rings. The van der Waals surface area contributed by atoms with Crippen molar-refractivity contribution in [1.29, 1.82) is 5.26 Å². The molecule has 2 nitrogen and oxygen atoms in total. The predicted octanol–water partition coefficient (Wildman–Crippen LogP) is 2.19. The fourth-order valence-electron chi connectivity index (χ4n) is 1.12. The molecule has 0 unspecified atom stereocenters. The molecule has 1 N–H and O–H groups in total. The van der Waals surface area contributed by atoms with E-state index in [0.717, 1.165) is 0 Å². The molecule has 12 heavy (non-hydrogen) atoms. The van der Waals surface area contributed by atoms with Gasteiger partial charge in [0, 0.05) is 0 Å². The summed E-state index contributed by atoms with van der Waals surface area (Å²) in [6, 6.07) is 2.16. The maximum absolute atomic E-state index is 9.79. The van der Waals surface area contributed by atoms with Gasteiger partial charge in [0.25, 0.3) is 0 Å². The smallest absolute Gasteiger partial charge is 0.0750 e. The van der Waals surface area contributed by atoms with Crippen molar-refractivity contribution in [3.8, 4) is 6.07 Å². The summed E-state index contributed by atoms with van der Waals surface area (Å²) in [7, 11) is 0. The largest absolute Gasteiger partial charge is 0.391 e. The standard InChI is InChI=1S/C10H19NO/c1-7(2)8(6-11)9(12)10(3,4)5/h7-9,12H,1-5H3/t8-,9+/m0/s1. The van der Waals surface area contributed by atoms with Gasteiger partial charge in [-0.05, 0) is 11.3 Å². The molecule has 0 radical (unpaired) electrons. The normalized spacial score (nSPS) is 17.2. The van der Waals surface area contributed by atoms with Crippen molar-refractivity contribution in [1.82, 2.24) is 0 Å². The second kappa shape index (κ2) is 3.91. The lowest BCUT2D eigenvalue weighted by molar-refractivity contribution is 0.0159. The van der Waals surface area contributed by atoms with Gasteiger partial charge in [-0.25, -0.2) is 0 Å². The summed E-state index contributed by atoms with van der Waals surface area (Å²) in [5.74, 6) is -0.0470. The molecule has 70 valence electrons. The molecule has 0 rings (SSSR count). The van der Waals surface area contributed by atoms with E-state index in [2.05, 4.69) is 6.07 Å². The van der Waals surface area contributed by atoms with Crippen molar-refractivity contribution < 1.29 is 5.11 Å². The zero-order valence-corrected chi connectivity index (χ0v) is 8.63. The second-order valence-electron chi connectivity index (χ2n) is 4.71. The molecule has 0 aliphatic carbocycles. The number of nitrogens with zero attached hydrogens (tertiary/aromatic N) is 1. The van der Waals surface area contributed by atoms with Crippen LogP contribution < -0.4 is 0 Å². The molecule has 2 atom stereocenters. The van der Waals surface area contributed by atoms with Crippen LogP contribution in [0.4, 0.5) is 0 Å². The van der Waals surface area contributed by atoms with E-state index in [0.29, 0.717) is 0 Å². The highest BCUT2D eigenvalue weighted by atomic mass is 16.3. The molecule has 0 spiro atoms. The second-order valence-corrected chi connectivity index (χ2v) is 4.71. The van der Waals surface area contributed by atoms with E-state index in [-0.39, 0.29) is 17.3 Å². The van der Waals surface area contributed by atoms with Crippen LogP contribution in [0, 0.1) is 28.6 Å². The summed E-state index contributed by atoms with van der Waals surface area (Å²) < 4.78 is 0. The van der Waals surface area contributed by atoms with Crippen molar-refractivity contribution in [2.45, 2.75) is 40.7 Å². The van der Waals surface area contributed by atoms with Crippen LogP contribution in [0.15, 0.2) is 0 Å². The van der Waals surface area contributed by atoms with Crippen molar-refractivity contribution in [2.75, 3.05) is 0 Å². The van der Waals surface area contributed by atoms with E-state index in [1.807, 2.05) is 34.6 Å². The van der Waals surface area contributed by atoms with Crippen LogP contribution in [0.1, 0.15) is 34.6 Å². The molecular formula is C10H19NO. The van der Waals surface area contributed by atoms with Gasteiger partial charge in [0.2, 0.25) is 0 Å². The van der Waals surface area contributed by atoms with Gasteiger partial charge in [0.1, 0.15) is 0 Å². The lowest BCUT2D eigenvalue weighted by atomic mass is 9.77. The molecule has 0 heterocycles. The van der Waals surface area contributed by atoms with Gasteiger partial charge in [-0.15, -0.1) is 0 Å². The molecule has 0 bridgehead atoms. The van der Waals surface area contributed by atoms with Crippen LogP contribution in [0.3, 0.4) is 0 Å². The SMILES string of the molecule is CC(C)[C@H](C#N)[C@@H](O)C(C)(C)C. The van der Waals surface area contributed by atoms with Crippen LogP contribution in [0.25, 0.3) is 0 Å². The third-order valence-corrected chi connectivity index (χ3v) is 2.09. The van der Waals surface area contributed by atoms with Crippen molar-refractivity contribution in [3.63, 3.8) is 0 Å². The first-order valence-corrected chi connectivity index (χ1v) is 4.38. The van der Waals surface area contributed by atoms with E-state index in [4.69, 9.17) is 5.26 Å². The highest BCUT2D eigenvalue weighted by Crippen LogP contribution is 2.28. The molecule has 0 aliphatic heterocycles. The number of aliphatic hydroxyl groups is 1. The minimum atomic E-state index is -0.539. The Morgan fingerprint density at radius 1 is 1.25 bits per heavy atom. The van der Waals surface area contributed by atoms with Gasteiger partial charge in [-0.3, -0.25) is 0 Å². The molecule has 0 saturated heterocycles. The lowest BCUT2D eigenvalue weighted by Gasteiger charge is -2.31. The molecule has 0 aromatic carbocycles. The maximum Gasteiger partial charge on any atom is 0.0750 e. The first-order chi connectivity index (χ1) is 5.30. The summed E-state index contributed by atoms with van der Waals surface area (Å²) >= 11 is 0. The Balaban J connectivity index is 4.46. The van der Waals surface area contributed by atoms with Gasteiger partial charge in [-0.1, -0.05) is 34.6 Å². The highest BCUT2D eigenvalue weighted by Gasteiger charge is 2.32. The number of nitriles is 1. The van der Waals surface area contributed by atoms with Gasteiger partial charge in [0.15, 0.2) is 0 Å². The number of rotatable bonds is 2. The fourth-order valence-corrected chi connectivity index (χ4v) is 1.12. The highest BCUT2D eigenvalue weighted by molar-refractivity contribution is 4.94. The Morgan fingerprint density at radius 3 is 1.75 bits per heavy atom. The Kier molecular flexibility index (Phi) is 3.73. The Hall–Kier alpha value is -0.550. The number of hydrogen-bond donors (Lipinski definition) is 1. The Labute approximate surface area is 75.2 Å². The van der Waals surface area contributed by atoms with Crippen LogP contribution >= 0.6 is 0 Å². The molecule has 0 saturated carbocycles. The average Bonchev–Trinajstić information content (AvgIpc) is 1.86. The van der Waals surface area contributed by atoms with Crippen molar-refractivity contribution >= 4 is 0 Å². The monoisotopic (exact) mass is 169 g/mol. The fraction of sp³-hybridized carbons (Fsp3) is 0.900. The van der Waals surface area contributed by atoms with E-state index in [9.17, 15) is 5.11 Å². The summed E-state index contributed by atoms with van der Waals surface area (Å²) in [6.07, 6.45) is -0.539. The summed E-state index contributed by atoms with van der Waals surface area (Å²) in [4.78, 5) is 0. The topological polar surface area (TPSA) is 44.0 Å². The number of hydrogen-bond acceptors (Lipinski definition) is 2. The van der Waals surface area contributed by atoms with Crippen molar-refractivity contribution in [3.05, 3.63) is 0 Å². The van der Waals surface area contributed by atoms with E-state index < -0.39 is 6.10 Å². The van der Waals surface area contributed by atoms with E-state index >= 15 is 0 Å². The summed E-state index contributed by atoms with van der Waals surface area (Å²) in [5, 5.41) is 18.6. The molecule has 0 aromatic rings. The van der Waals surface area contributed by atoms with Gasteiger partial charge in [0.05, 0.1) is 18.1 Å². The Bertz CT molecular complexity index is 173. The molecule has 0 aromatic heterocycles. The van der Waals surface area contributed by atoms with Crippen molar-refractivity contribution in [2.24, 2.45) is 17.3 Å². The Morgan fingerprint density at radius 2 is 1.67 bits per heavy atom. The van der Waals surface area contributed by atoms with Crippen LogP contribution in [0.5, 0.6) is 0 Å². The number of aliphatic hydroxyl groups excluding tert-OH is 1. The van der Waals surface area contributed by atoms with Crippen LogP contribution in [-0.2, 0) is 0 Å².